The van der Waals surface area contributed by atoms with Gasteiger partial charge in [-0.3, -0.25) is 4.79 Å². The molecule has 0 spiro atoms. The number of carbonyl (C=O) groups is 1. The minimum Gasteiger partial charge on any atom is -0.439 e. The van der Waals surface area contributed by atoms with Crippen molar-refractivity contribution < 1.29 is 22.7 Å². The van der Waals surface area contributed by atoms with Crippen LogP contribution in [0.1, 0.15) is 30.4 Å². The predicted molar refractivity (Wildman–Crippen MR) is 123 cm³/mol. The molecule has 2 aromatic carbocycles. The third-order valence-electron chi connectivity index (χ3n) is 5.32. The molecule has 0 saturated carbocycles. The van der Waals surface area contributed by atoms with Crippen molar-refractivity contribution in [2.75, 3.05) is 23.3 Å². The monoisotopic (exact) mass is 490 g/mol. The van der Waals surface area contributed by atoms with E-state index in [0.29, 0.717) is 24.0 Å². The Labute approximate surface area is 199 Å². The fourth-order valence-electron chi connectivity index (χ4n) is 3.65. The van der Waals surface area contributed by atoms with Crippen LogP contribution in [0.3, 0.4) is 0 Å². The zero-order valence-corrected chi connectivity index (χ0v) is 18.9. The molecule has 1 aromatic heterocycles. The molecule has 178 valence electrons. The molecule has 1 aliphatic heterocycles. The van der Waals surface area contributed by atoms with E-state index >= 15 is 0 Å². The molecule has 1 saturated heterocycles. The van der Waals surface area contributed by atoms with E-state index in [4.69, 9.17) is 16.3 Å². The summed E-state index contributed by atoms with van der Waals surface area (Å²) in [5, 5.41) is 2.07. The maximum absolute atomic E-state index is 13.0. The number of hydrogen-bond acceptors (Lipinski definition) is 5. The van der Waals surface area contributed by atoms with Gasteiger partial charge in [-0.15, -0.1) is 0 Å². The molecule has 0 aliphatic carbocycles. The minimum atomic E-state index is -4.60. The van der Waals surface area contributed by atoms with Crippen LogP contribution in [0, 0.1) is 0 Å². The summed E-state index contributed by atoms with van der Waals surface area (Å²) >= 11 is 5.62. The first-order chi connectivity index (χ1) is 16.3. The topological polar surface area (TPSA) is 67.3 Å². The third kappa shape index (κ3) is 6.17. The van der Waals surface area contributed by atoms with Crippen molar-refractivity contribution in [1.29, 1.82) is 0 Å². The summed E-state index contributed by atoms with van der Waals surface area (Å²) in [6.45, 7) is 1.85. The van der Waals surface area contributed by atoms with Gasteiger partial charge >= 0.3 is 6.18 Å². The molecule has 0 radical (unpaired) electrons. The Morgan fingerprint density at radius 3 is 2.68 bits per heavy atom. The molecule has 3 aromatic rings. The van der Waals surface area contributed by atoms with Crippen molar-refractivity contribution >= 4 is 29.1 Å². The molecule has 2 heterocycles. The van der Waals surface area contributed by atoms with Gasteiger partial charge in [0.1, 0.15) is 5.75 Å². The molecular formula is C24H22ClF3N4O2. The highest BCUT2D eigenvalue weighted by Gasteiger charge is 2.33. The van der Waals surface area contributed by atoms with Gasteiger partial charge in [-0.1, -0.05) is 23.7 Å². The Kier molecular flexibility index (Phi) is 7.21. The van der Waals surface area contributed by atoms with E-state index in [1.807, 2.05) is 6.07 Å². The molecular weight excluding hydrogens is 469 g/mol. The number of benzene rings is 2. The fraction of sp³-hybridized carbons (Fsp3) is 0.292. The van der Waals surface area contributed by atoms with E-state index in [1.54, 1.807) is 30.5 Å². The summed E-state index contributed by atoms with van der Waals surface area (Å²) < 4.78 is 44.9. The molecule has 1 aliphatic rings. The highest BCUT2D eigenvalue weighted by Crippen LogP contribution is 2.36. The minimum absolute atomic E-state index is 0.0383. The van der Waals surface area contributed by atoms with Crippen LogP contribution in [0.2, 0.25) is 5.02 Å². The number of nitrogens with zero attached hydrogens (tertiary/aromatic N) is 3. The third-order valence-corrected chi connectivity index (χ3v) is 5.65. The number of nitrogens with one attached hydrogen (secondary N) is 1. The van der Waals surface area contributed by atoms with E-state index in [-0.39, 0.29) is 12.1 Å². The van der Waals surface area contributed by atoms with Gasteiger partial charge in [0.25, 0.3) is 0 Å². The summed E-state index contributed by atoms with van der Waals surface area (Å²) in [5.74, 6) is 1.22. The Balaban J connectivity index is 1.35. The van der Waals surface area contributed by atoms with Crippen LogP contribution < -0.4 is 15.0 Å². The van der Waals surface area contributed by atoms with Crippen LogP contribution in [0.5, 0.6) is 11.6 Å². The van der Waals surface area contributed by atoms with Gasteiger partial charge in [-0.2, -0.15) is 18.2 Å². The van der Waals surface area contributed by atoms with Gasteiger partial charge < -0.3 is 15.0 Å². The SMILES string of the molecule is O=C(CCc1cccc(Oc2ccnc(N3CCCC3)n2)c1)Nc1ccc(Cl)c(C(F)(F)F)c1. The van der Waals surface area contributed by atoms with E-state index in [1.165, 1.54) is 6.07 Å². The van der Waals surface area contributed by atoms with Crippen LogP contribution in [0.25, 0.3) is 0 Å². The number of aromatic nitrogens is 2. The largest absolute Gasteiger partial charge is 0.439 e. The average molecular weight is 491 g/mol. The van der Waals surface area contributed by atoms with E-state index < -0.39 is 22.7 Å². The van der Waals surface area contributed by atoms with Crippen molar-refractivity contribution in [3.8, 4) is 11.6 Å². The molecule has 1 fully saturated rings. The molecule has 0 unspecified atom stereocenters. The summed E-state index contributed by atoms with van der Waals surface area (Å²) in [6, 6.07) is 12.2. The number of carbonyl (C=O) groups excluding carboxylic acids is 1. The Morgan fingerprint density at radius 1 is 1.12 bits per heavy atom. The highest BCUT2D eigenvalue weighted by atomic mass is 35.5. The lowest BCUT2D eigenvalue weighted by Gasteiger charge is -2.15. The summed E-state index contributed by atoms with van der Waals surface area (Å²) in [6.07, 6.45) is -0.245. The van der Waals surface area contributed by atoms with Gasteiger partial charge in [0.2, 0.25) is 17.7 Å². The standard InChI is InChI=1S/C24H22ClF3N4O2/c25-20-8-7-17(15-19(20)24(26,27)28)30-21(33)9-6-16-4-3-5-18(14-16)34-22-10-11-29-23(31-22)32-12-1-2-13-32/h3-5,7-8,10-11,14-15H,1-2,6,9,12-13H2,(H,30,33). The first-order valence-corrected chi connectivity index (χ1v) is 11.2. The normalized spacial score (nSPS) is 13.7. The number of alkyl halides is 3. The number of halogens is 4. The van der Waals surface area contributed by atoms with Gasteiger partial charge in [0.15, 0.2) is 0 Å². The Bertz CT molecular complexity index is 1170. The number of aryl methyl sites for hydroxylation is 1. The number of rotatable bonds is 7. The second-order valence-corrected chi connectivity index (χ2v) is 8.29. The first kappa shape index (κ1) is 23.8. The summed E-state index contributed by atoms with van der Waals surface area (Å²) in [7, 11) is 0. The smallest absolute Gasteiger partial charge is 0.417 e. The van der Waals surface area contributed by atoms with Crippen LogP contribution in [0.15, 0.2) is 54.7 Å². The fourth-order valence-corrected chi connectivity index (χ4v) is 3.87. The van der Waals surface area contributed by atoms with Crippen molar-refractivity contribution in [2.45, 2.75) is 31.9 Å². The first-order valence-electron chi connectivity index (χ1n) is 10.8. The zero-order valence-electron chi connectivity index (χ0n) is 18.1. The van der Waals surface area contributed by atoms with Gasteiger partial charge in [0, 0.05) is 37.5 Å². The zero-order chi connectivity index (χ0) is 24.1. The lowest BCUT2D eigenvalue weighted by atomic mass is 10.1. The second kappa shape index (κ2) is 10.3. The van der Waals surface area contributed by atoms with E-state index in [0.717, 1.165) is 43.6 Å². The molecule has 1 N–H and O–H groups in total. The molecule has 4 rings (SSSR count). The van der Waals surface area contributed by atoms with Crippen molar-refractivity contribution in [2.24, 2.45) is 0 Å². The van der Waals surface area contributed by atoms with Crippen molar-refractivity contribution in [3.05, 3.63) is 70.9 Å². The summed E-state index contributed by atoms with van der Waals surface area (Å²) in [4.78, 5) is 23.2. The van der Waals surface area contributed by atoms with E-state index in [2.05, 4.69) is 20.2 Å². The van der Waals surface area contributed by atoms with Crippen molar-refractivity contribution in [1.82, 2.24) is 9.97 Å². The maximum atomic E-state index is 13.0. The molecule has 0 atom stereocenters. The predicted octanol–water partition coefficient (Wildman–Crippen LogP) is 6.11. The number of ether oxygens (including phenoxy) is 1. The average Bonchev–Trinajstić information content (AvgIpc) is 3.34. The number of hydrogen-bond donors (Lipinski definition) is 1. The van der Waals surface area contributed by atoms with E-state index in [9.17, 15) is 18.0 Å². The molecule has 10 heteroatoms. The molecule has 6 nitrogen and oxygen atoms in total. The highest BCUT2D eigenvalue weighted by molar-refractivity contribution is 6.31. The quantitative estimate of drug-likeness (QED) is 0.432. The summed E-state index contributed by atoms with van der Waals surface area (Å²) in [5.41, 5.74) is -0.112. The maximum Gasteiger partial charge on any atom is 0.417 e. The second-order valence-electron chi connectivity index (χ2n) is 7.88. The Hall–Kier alpha value is -3.33. The number of amides is 1. The number of anilines is 2. The van der Waals surface area contributed by atoms with Crippen LogP contribution in [0.4, 0.5) is 24.8 Å². The van der Waals surface area contributed by atoms with Crippen LogP contribution in [-0.2, 0) is 17.4 Å². The lowest BCUT2D eigenvalue weighted by Crippen LogP contribution is -2.20. The van der Waals surface area contributed by atoms with Crippen LogP contribution in [-0.4, -0.2) is 29.0 Å². The lowest BCUT2D eigenvalue weighted by molar-refractivity contribution is -0.137. The van der Waals surface area contributed by atoms with Crippen molar-refractivity contribution in [3.63, 3.8) is 0 Å². The molecule has 1 amide bonds. The Morgan fingerprint density at radius 2 is 1.91 bits per heavy atom. The van der Waals surface area contributed by atoms with Gasteiger partial charge in [-0.05, 0) is 55.2 Å². The van der Waals surface area contributed by atoms with Gasteiger partial charge in [0.05, 0.1) is 10.6 Å². The molecule has 34 heavy (non-hydrogen) atoms. The molecule has 0 bridgehead atoms. The van der Waals surface area contributed by atoms with Crippen LogP contribution >= 0.6 is 11.6 Å². The van der Waals surface area contributed by atoms with Gasteiger partial charge in [-0.25, -0.2) is 4.98 Å².